The second-order valence-electron chi connectivity index (χ2n) is 3.57. The molecule has 0 fully saturated rings. The molecule has 2 rings (SSSR count). The normalized spacial score (nSPS) is 10.2. The molecule has 16 heavy (non-hydrogen) atoms. The Morgan fingerprint density at radius 2 is 2.00 bits per heavy atom. The number of ether oxygens (including phenoxy) is 1. The van der Waals surface area contributed by atoms with E-state index in [9.17, 15) is 4.39 Å². The molecule has 0 aliphatic rings. The lowest BCUT2D eigenvalue weighted by molar-refractivity contribution is 0.398. The molecule has 1 aromatic carbocycles. The van der Waals surface area contributed by atoms with Gasteiger partial charge in [-0.05, 0) is 24.6 Å². The molecule has 0 amide bonds. The van der Waals surface area contributed by atoms with Crippen molar-refractivity contribution < 1.29 is 9.13 Å². The minimum absolute atomic E-state index is 0.230. The van der Waals surface area contributed by atoms with Gasteiger partial charge in [-0.1, -0.05) is 12.1 Å². The summed E-state index contributed by atoms with van der Waals surface area (Å²) in [4.78, 5) is 4.05. The zero-order chi connectivity index (χ0) is 11.5. The highest BCUT2D eigenvalue weighted by molar-refractivity contribution is 5.63. The van der Waals surface area contributed by atoms with E-state index in [0.717, 1.165) is 11.1 Å². The van der Waals surface area contributed by atoms with Gasteiger partial charge in [0.05, 0.1) is 7.11 Å². The molecule has 1 heterocycles. The first-order chi connectivity index (χ1) is 7.70. The largest absolute Gasteiger partial charge is 0.481 e. The van der Waals surface area contributed by atoms with E-state index < -0.39 is 0 Å². The second-order valence-corrected chi connectivity index (χ2v) is 3.57. The molecule has 0 bridgehead atoms. The predicted octanol–water partition coefficient (Wildman–Crippen LogP) is 3.20. The molecule has 0 aliphatic carbocycles. The molecule has 0 radical (unpaired) electrons. The van der Waals surface area contributed by atoms with Crippen molar-refractivity contribution in [2.75, 3.05) is 7.11 Å². The number of pyridine rings is 1. The van der Waals surface area contributed by atoms with Crippen molar-refractivity contribution in [3.8, 4) is 17.0 Å². The zero-order valence-corrected chi connectivity index (χ0v) is 9.20. The van der Waals surface area contributed by atoms with Crippen LogP contribution in [0.5, 0.6) is 5.88 Å². The van der Waals surface area contributed by atoms with Gasteiger partial charge in [0.25, 0.3) is 0 Å². The Morgan fingerprint density at radius 3 is 2.56 bits per heavy atom. The Balaban J connectivity index is 2.42. The van der Waals surface area contributed by atoms with Gasteiger partial charge in [0.15, 0.2) is 0 Å². The average molecular weight is 217 g/mol. The van der Waals surface area contributed by atoms with E-state index in [1.165, 1.54) is 6.07 Å². The molecular formula is C13H12FNO. The number of hydrogen-bond donors (Lipinski definition) is 0. The number of hydrogen-bond acceptors (Lipinski definition) is 2. The Morgan fingerprint density at radius 1 is 1.19 bits per heavy atom. The van der Waals surface area contributed by atoms with Crippen molar-refractivity contribution in [1.82, 2.24) is 4.98 Å². The third kappa shape index (κ3) is 2.03. The monoisotopic (exact) mass is 217 g/mol. The van der Waals surface area contributed by atoms with Crippen molar-refractivity contribution >= 4 is 0 Å². The summed E-state index contributed by atoms with van der Waals surface area (Å²) in [7, 11) is 1.55. The van der Waals surface area contributed by atoms with Crippen molar-refractivity contribution in [3.63, 3.8) is 0 Å². The third-order valence-electron chi connectivity index (χ3n) is 2.38. The number of methoxy groups -OCH3 is 1. The summed E-state index contributed by atoms with van der Waals surface area (Å²) >= 11 is 0. The summed E-state index contributed by atoms with van der Waals surface area (Å²) in [5, 5.41) is 0. The smallest absolute Gasteiger partial charge is 0.212 e. The fourth-order valence-electron chi connectivity index (χ4n) is 1.51. The van der Waals surface area contributed by atoms with Gasteiger partial charge in [-0.25, -0.2) is 9.37 Å². The molecule has 82 valence electrons. The lowest BCUT2D eigenvalue weighted by Gasteiger charge is -2.05. The van der Waals surface area contributed by atoms with Crippen LogP contribution in [-0.4, -0.2) is 12.1 Å². The molecule has 0 atom stereocenters. The van der Waals surface area contributed by atoms with Crippen LogP contribution >= 0.6 is 0 Å². The fourth-order valence-corrected chi connectivity index (χ4v) is 1.51. The van der Waals surface area contributed by atoms with Gasteiger partial charge >= 0.3 is 0 Å². The minimum Gasteiger partial charge on any atom is -0.481 e. The number of benzene rings is 1. The number of rotatable bonds is 2. The predicted molar refractivity (Wildman–Crippen MR) is 60.9 cm³/mol. The fraction of sp³-hybridized carbons (Fsp3) is 0.154. The van der Waals surface area contributed by atoms with Gasteiger partial charge < -0.3 is 4.74 Å². The van der Waals surface area contributed by atoms with E-state index >= 15 is 0 Å². The van der Waals surface area contributed by atoms with Crippen LogP contribution in [0.3, 0.4) is 0 Å². The van der Waals surface area contributed by atoms with Crippen LogP contribution in [-0.2, 0) is 0 Å². The maximum atomic E-state index is 13.7. The lowest BCUT2D eigenvalue weighted by Crippen LogP contribution is -1.89. The van der Waals surface area contributed by atoms with Crippen LogP contribution in [0, 0.1) is 12.7 Å². The first-order valence-electron chi connectivity index (χ1n) is 4.97. The molecule has 2 nitrogen and oxygen atoms in total. The molecule has 0 N–H and O–H groups in total. The summed E-state index contributed by atoms with van der Waals surface area (Å²) < 4.78 is 18.6. The van der Waals surface area contributed by atoms with Crippen LogP contribution in [0.15, 0.2) is 36.5 Å². The van der Waals surface area contributed by atoms with Crippen LogP contribution in [0.2, 0.25) is 0 Å². The van der Waals surface area contributed by atoms with E-state index in [2.05, 4.69) is 4.98 Å². The molecule has 0 spiro atoms. The van der Waals surface area contributed by atoms with Gasteiger partial charge in [-0.3, -0.25) is 0 Å². The van der Waals surface area contributed by atoms with E-state index in [0.29, 0.717) is 11.4 Å². The highest BCUT2D eigenvalue weighted by Crippen LogP contribution is 2.23. The van der Waals surface area contributed by atoms with E-state index in [1.54, 1.807) is 31.5 Å². The maximum Gasteiger partial charge on any atom is 0.212 e. The molecule has 0 unspecified atom stereocenters. The third-order valence-corrected chi connectivity index (χ3v) is 2.38. The van der Waals surface area contributed by atoms with Crippen LogP contribution in [0.1, 0.15) is 5.56 Å². The van der Waals surface area contributed by atoms with E-state index in [-0.39, 0.29) is 5.82 Å². The maximum absolute atomic E-state index is 13.7. The number of aryl methyl sites for hydroxylation is 1. The minimum atomic E-state index is -0.230. The molecule has 3 heteroatoms. The Hall–Kier alpha value is -1.90. The van der Waals surface area contributed by atoms with Gasteiger partial charge in [0.2, 0.25) is 5.88 Å². The Bertz CT molecular complexity index is 494. The lowest BCUT2D eigenvalue weighted by atomic mass is 10.1. The first kappa shape index (κ1) is 10.6. The van der Waals surface area contributed by atoms with Crippen LogP contribution < -0.4 is 4.74 Å². The second kappa shape index (κ2) is 4.31. The number of nitrogens with zero attached hydrogens (tertiary/aromatic N) is 1. The van der Waals surface area contributed by atoms with Gasteiger partial charge in [0.1, 0.15) is 5.82 Å². The first-order valence-corrected chi connectivity index (χ1v) is 4.97. The standard InChI is InChI=1S/C13H12FNO/c1-9-3-5-11(12(14)7-9)10-4-6-13(16-2)15-8-10/h3-8H,1-2H3. The molecule has 0 aliphatic heterocycles. The van der Waals surface area contributed by atoms with Crippen LogP contribution in [0.4, 0.5) is 4.39 Å². The van der Waals surface area contributed by atoms with Crippen molar-refractivity contribution in [1.29, 1.82) is 0 Å². The van der Waals surface area contributed by atoms with Crippen LogP contribution in [0.25, 0.3) is 11.1 Å². The van der Waals surface area contributed by atoms with Gasteiger partial charge in [-0.2, -0.15) is 0 Å². The molecular weight excluding hydrogens is 205 g/mol. The summed E-state index contributed by atoms with van der Waals surface area (Å²) in [6.07, 6.45) is 1.60. The summed E-state index contributed by atoms with van der Waals surface area (Å²) in [6, 6.07) is 8.66. The Kier molecular flexibility index (Phi) is 2.86. The molecule has 2 aromatic rings. The van der Waals surface area contributed by atoms with Crippen molar-refractivity contribution in [3.05, 3.63) is 47.9 Å². The summed E-state index contributed by atoms with van der Waals surface area (Å²) in [6.45, 7) is 1.86. The molecule has 1 aromatic heterocycles. The summed E-state index contributed by atoms with van der Waals surface area (Å²) in [5.41, 5.74) is 2.21. The quantitative estimate of drug-likeness (QED) is 0.770. The summed E-state index contributed by atoms with van der Waals surface area (Å²) in [5.74, 6) is 0.295. The van der Waals surface area contributed by atoms with Gasteiger partial charge in [-0.15, -0.1) is 0 Å². The Labute approximate surface area is 93.7 Å². The zero-order valence-electron chi connectivity index (χ0n) is 9.20. The average Bonchev–Trinajstić information content (AvgIpc) is 2.29. The molecule has 0 saturated heterocycles. The van der Waals surface area contributed by atoms with Crippen molar-refractivity contribution in [2.45, 2.75) is 6.92 Å². The molecule has 0 saturated carbocycles. The van der Waals surface area contributed by atoms with Crippen molar-refractivity contribution in [2.24, 2.45) is 0 Å². The number of halogens is 1. The van der Waals surface area contributed by atoms with Gasteiger partial charge in [0, 0.05) is 23.4 Å². The van der Waals surface area contributed by atoms with E-state index in [4.69, 9.17) is 4.74 Å². The highest BCUT2D eigenvalue weighted by atomic mass is 19.1. The number of aromatic nitrogens is 1. The van der Waals surface area contributed by atoms with E-state index in [1.807, 2.05) is 13.0 Å². The topological polar surface area (TPSA) is 22.1 Å². The SMILES string of the molecule is COc1ccc(-c2ccc(C)cc2F)cn1. The highest BCUT2D eigenvalue weighted by Gasteiger charge is 2.05.